The van der Waals surface area contributed by atoms with Crippen molar-refractivity contribution in [2.75, 3.05) is 0 Å². The molecule has 0 radical (unpaired) electrons. The average Bonchev–Trinajstić information content (AvgIpc) is 3.64. The fourth-order valence-corrected chi connectivity index (χ4v) is 9.22. The number of hydrogen-bond acceptors (Lipinski definition) is 2. The van der Waals surface area contributed by atoms with Crippen molar-refractivity contribution in [2.24, 2.45) is 0 Å². The molecule has 61 heavy (non-hydrogen) atoms. The highest BCUT2D eigenvalue weighted by Gasteiger charge is 2.39. The van der Waals surface area contributed by atoms with E-state index in [9.17, 15) is 0 Å². The second-order valence-electron chi connectivity index (χ2n) is 16.1. The van der Waals surface area contributed by atoms with Crippen LogP contribution in [0, 0.1) is 0 Å². The lowest BCUT2D eigenvalue weighted by Crippen LogP contribution is -2.32. The van der Waals surface area contributed by atoms with E-state index in [2.05, 4.69) is 230 Å². The van der Waals surface area contributed by atoms with Gasteiger partial charge in [-0.05, 0) is 63.1 Å². The molecule has 0 amide bonds. The second kappa shape index (κ2) is 18.4. The van der Waals surface area contributed by atoms with Crippen LogP contribution in [0.1, 0.15) is 77.1 Å². The molecule has 0 aliphatic heterocycles. The van der Waals surface area contributed by atoms with E-state index in [-0.39, 0.29) is 0 Å². The first-order valence-electron chi connectivity index (χ1n) is 21.9. The smallest absolute Gasteiger partial charge is 0.144 e. The van der Waals surface area contributed by atoms with Crippen LogP contribution in [0.15, 0.2) is 218 Å². The zero-order valence-electron chi connectivity index (χ0n) is 35.0. The predicted octanol–water partition coefficient (Wildman–Crippen LogP) is 14.4. The van der Waals surface area contributed by atoms with E-state index >= 15 is 0 Å². The molecule has 0 aliphatic rings. The number of aryl methyl sites for hydroxylation is 1. The summed E-state index contributed by atoms with van der Waals surface area (Å²) in [5.41, 5.74) is 9.77. The molecule has 0 fully saturated rings. The molecule has 0 saturated heterocycles. The number of ether oxygens (including phenoxy) is 2. The Morgan fingerprint density at radius 2 is 0.672 bits per heavy atom. The van der Waals surface area contributed by atoms with E-state index in [0.29, 0.717) is 13.2 Å². The molecular weight excluding hydrogens is 743 g/mol. The van der Waals surface area contributed by atoms with Gasteiger partial charge < -0.3 is 14.0 Å². The van der Waals surface area contributed by atoms with Crippen molar-refractivity contribution in [3.05, 3.63) is 263 Å². The molecular formula is C58H53NO2. The zero-order valence-corrected chi connectivity index (χ0v) is 35.0. The van der Waals surface area contributed by atoms with Crippen LogP contribution >= 0.6 is 0 Å². The minimum atomic E-state index is -0.797. The van der Waals surface area contributed by atoms with Crippen molar-refractivity contribution in [3.63, 3.8) is 0 Å². The standard InChI is InChI=1S/C58H53NO2/c1-2-3-4-23-40-59-55-41-45(43-60-57(47-24-11-5-12-25-47,48-26-13-6-14-27-48)49-28-15-7-16-29-49)36-38-53(55)54-39-37-46(42-56(54)59)44-61-58(50-30-17-8-18-31-50,51-32-19-9-20-33-51)52-34-21-10-22-35-52/h5-22,24-39,41-42H,2-4,23,40,43-44H2,1H3. The Labute approximate surface area is 360 Å². The molecule has 0 bridgehead atoms. The Kier molecular flexibility index (Phi) is 12.0. The topological polar surface area (TPSA) is 23.4 Å². The van der Waals surface area contributed by atoms with Gasteiger partial charge in [-0.25, -0.2) is 0 Å². The van der Waals surface area contributed by atoms with Gasteiger partial charge >= 0.3 is 0 Å². The lowest BCUT2D eigenvalue weighted by molar-refractivity contribution is 0.000222. The molecule has 1 aromatic heterocycles. The number of hydrogen-bond donors (Lipinski definition) is 0. The normalized spacial score (nSPS) is 12.0. The summed E-state index contributed by atoms with van der Waals surface area (Å²) in [5, 5.41) is 2.52. The van der Waals surface area contributed by atoms with Crippen molar-refractivity contribution >= 4 is 21.8 Å². The van der Waals surface area contributed by atoms with Gasteiger partial charge in [-0.3, -0.25) is 0 Å². The third kappa shape index (κ3) is 7.95. The Hall–Kier alpha value is -6.52. The van der Waals surface area contributed by atoms with E-state index in [1.54, 1.807) is 0 Å². The Balaban J connectivity index is 1.11. The van der Waals surface area contributed by atoms with Crippen LogP contribution in [-0.2, 0) is 40.4 Å². The molecule has 302 valence electrons. The Morgan fingerprint density at radius 3 is 0.967 bits per heavy atom. The lowest BCUT2D eigenvalue weighted by Gasteiger charge is -2.36. The largest absolute Gasteiger partial charge is 0.356 e. The quantitative estimate of drug-likeness (QED) is 0.0677. The lowest BCUT2D eigenvalue weighted by atomic mass is 9.80. The van der Waals surface area contributed by atoms with Crippen LogP contribution in [0.2, 0.25) is 0 Å². The van der Waals surface area contributed by atoms with E-state index in [1.165, 1.54) is 41.1 Å². The van der Waals surface area contributed by atoms with Gasteiger partial charge in [0.25, 0.3) is 0 Å². The van der Waals surface area contributed by atoms with Crippen molar-refractivity contribution in [2.45, 2.75) is 63.6 Å². The molecule has 1 heterocycles. The average molecular weight is 796 g/mol. The maximum Gasteiger partial charge on any atom is 0.144 e. The summed E-state index contributed by atoms with van der Waals surface area (Å²) < 4.78 is 17.2. The van der Waals surface area contributed by atoms with E-state index < -0.39 is 11.2 Å². The molecule has 9 rings (SSSR count). The summed E-state index contributed by atoms with van der Waals surface area (Å²) in [4.78, 5) is 0. The minimum absolute atomic E-state index is 0.436. The van der Waals surface area contributed by atoms with Gasteiger partial charge in [0, 0.05) is 28.4 Å². The van der Waals surface area contributed by atoms with Crippen LogP contribution < -0.4 is 0 Å². The maximum absolute atomic E-state index is 7.32. The van der Waals surface area contributed by atoms with Crippen molar-refractivity contribution in [1.82, 2.24) is 4.57 Å². The molecule has 3 nitrogen and oxygen atoms in total. The highest BCUT2D eigenvalue weighted by atomic mass is 16.5. The Bertz CT molecular complexity index is 2380. The number of benzene rings is 8. The fourth-order valence-electron chi connectivity index (χ4n) is 9.22. The first-order valence-corrected chi connectivity index (χ1v) is 21.9. The molecule has 0 saturated carbocycles. The van der Waals surface area contributed by atoms with Gasteiger partial charge in [0.05, 0.1) is 13.2 Å². The maximum atomic E-state index is 7.32. The SMILES string of the molecule is CCCCCCn1c2cc(COC(c3ccccc3)(c3ccccc3)c3ccccc3)ccc2c2ccc(COC(c3ccccc3)(c3ccccc3)c3ccccc3)cc21. The second-order valence-corrected chi connectivity index (χ2v) is 16.1. The van der Waals surface area contributed by atoms with Gasteiger partial charge in [-0.2, -0.15) is 0 Å². The third-order valence-electron chi connectivity index (χ3n) is 12.2. The number of rotatable bonds is 17. The zero-order chi connectivity index (χ0) is 41.3. The van der Waals surface area contributed by atoms with Crippen molar-refractivity contribution < 1.29 is 9.47 Å². The summed E-state index contributed by atoms with van der Waals surface area (Å²) in [6, 6.07) is 77.7. The minimum Gasteiger partial charge on any atom is -0.356 e. The molecule has 0 spiro atoms. The van der Waals surface area contributed by atoms with Crippen LogP contribution in [0.3, 0.4) is 0 Å². The number of nitrogens with zero attached hydrogens (tertiary/aromatic N) is 1. The number of fused-ring (bicyclic) bond motifs is 3. The van der Waals surface area contributed by atoms with E-state index in [0.717, 1.165) is 57.5 Å². The molecule has 8 aromatic carbocycles. The van der Waals surface area contributed by atoms with E-state index in [1.807, 2.05) is 0 Å². The van der Waals surface area contributed by atoms with Gasteiger partial charge in [0.1, 0.15) is 11.2 Å². The highest BCUT2D eigenvalue weighted by molar-refractivity contribution is 6.08. The monoisotopic (exact) mass is 795 g/mol. The van der Waals surface area contributed by atoms with Crippen molar-refractivity contribution in [1.29, 1.82) is 0 Å². The summed E-state index contributed by atoms with van der Waals surface area (Å²) in [6.07, 6.45) is 4.75. The molecule has 0 unspecified atom stereocenters. The van der Waals surface area contributed by atoms with E-state index in [4.69, 9.17) is 9.47 Å². The first kappa shape index (κ1) is 39.9. The molecule has 0 atom stereocenters. The first-order chi connectivity index (χ1) is 30.2. The van der Waals surface area contributed by atoms with Gasteiger partial charge in [-0.15, -0.1) is 0 Å². The van der Waals surface area contributed by atoms with Gasteiger partial charge in [0.15, 0.2) is 0 Å². The van der Waals surface area contributed by atoms with Crippen molar-refractivity contribution in [3.8, 4) is 0 Å². The van der Waals surface area contributed by atoms with Gasteiger partial charge in [-0.1, -0.05) is 232 Å². The summed E-state index contributed by atoms with van der Waals surface area (Å²) in [5.74, 6) is 0. The van der Waals surface area contributed by atoms with Crippen LogP contribution in [-0.4, -0.2) is 4.57 Å². The summed E-state index contributed by atoms with van der Waals surface area (Å²) >= 11 is 0. The molecule has 0 aliphatic carbocycles. The fraction of sp³-hybridized carbons (Fsp3) is 0.172. The number of unbranched alkanes of at least 4 members (excludes halogenated alkanes) is 3. The Morgan fingerprint density at radius 1 is 0.361 bits per heavy atom. The van der Waals surface area contributed by atoms with Crippen LogP contribution in [0.4, 0.5) is 0 Å². The molecule has 9 aromatic rings. The summed E-state index contributed by atoms with van der Waals surface area (Å²) in [7, 11) is 0. The third-order valence-corrected chi connectivity index (χ3v) is 12.2. The highest BCUT2D eigenvalue weighted by Crippen LogP contribution is 2.43. The number of aromatic nitrogens is 1. The van der Waals surface area contributed by atoms with Crippen LogP contribution in [0.5, 0.6) is 0 Å². The predicted molar refractivity (Wildman–Crippen MR) is 252 cm³/mol. The summed E-state index contributed by atoms with van der Waals surface area (Å²) in [6.45, 7) is 4.09. The molecule has 0 N–H and O–H groups in total. The van der Waals surface area contributed by atoms with Crippen LogP contribution in [0.25, 0.3) is 21.8 Å². The van der Waals surface area contributed by atoms with Gasteiger partial charge in [0.2, 0.25) is 0 Å². The molecule has 3 heteroatoms.